The lowest BCUT2D eigenvalue weighted by Crippen LogP contribution is -2.37. The number of nitrogens with zero attached hydrogens (tertiary/aromatic N) is 4. The standard InChI is InChI=1S/C23H26N6O/c1-17(18-7-9-20(10-8-18)29-16-24-15-27-29)28(2)14-23(30)25-12-11-19-13-26-22-6-4-3-5-21(19)22/h3-10,13,15-17,26H,11-12,14H2,1-2H3,(H,25,30)/t17-/m1/s1. The Balaban J connectivity index is 1.27. The lowest BCUT2D eigenvalue weighted by Gasteiger charge is -2.24. The second-order valence-electron chi connectivity index (χ2n) is 7.48. The summed E-state index contributed by atoms with van der Waals surface area (Å²) in [6.45, 7) is 3.07. The quantitative estimate of drug-likeness (QED) is 0.475. The summed E-state index contributed by atoms with van der Waals surface area (Å²) in [5, 5.41) is 8.39. The zero-order valence-corrected chi connectivity index (χ0v) is 17.2. The number of rotatable bonds is 8. The Morgan fingerprint density at radius 3 is 2.77 bits per heavy atom. The third-order valence-corrected chi connectivity index (χ3v) is 5.50. The molecule has 30 heavy (non-hydrogen) atoms. The zero-order valence-electron chi connectivity index (χ0n) is 17.2. The number of benzene rings is 2. The molecule has 0 saturated heterocycles. The van der Waals surface area contributed by atoms with E-state index < -0.39 is 0 Å². The van der Waals surface area contributed by atoms with Gasteiger partial charge in [-0.05, 0) is 49.7 Å². The highest BCUT2D eigenvalue weighted by Crippen LogP contribution is 2.20. The van der Waals surface area contributed by atoms with E-state index in [2.05, 4.69) is 51.6 Å². The first-order chi connectivity index (χ1) is 14.6. The normalized spacial score (nSPS) is 12.4. The Labute approximate surface area is 175 Å². The van der Waals surface area contributed by atoms with Gasteiger partial charge in [0.2, 0.25) is 5.91 Å². The Bertz CT molecular complexity index is 1100. The molecule has 0 aliphatic carbocycles. The number of para-hydroxylation sites is 1. The summed E-state index contributed by atoms with van der Waals surface area (Å²) in [5.41, 5.74) is 4.46. The second kappa shape index (κ2) is 8.92. The molecule has 2 N–H and O–H groups in total. The van der Waals surface area contributed by atoms with Crippen molar-refractivity contribution < 1.29 is 4.79 Å². The molecule has 0 aliphatic rings. The number of hydrogen-bond acceptors (Lipinski definition) is 4. The Morgan fingerprint density at radius 1 is 1.20 bits per heavy atom. The summed E-state index contributed by atoms with van der Waals surface area (Å²) in [4.78, 5) is 21.7. The SMILES string of the molecule is C[C@H](c1ccc(-n2cncn2)cc1)N(C)CC(=O)NCCc1c[nH]c2ccccc12. The average molecular weight is 403 g/mol. The summed E-state index contributed by atoms with van der Waals surface area (Å²) < 4.78 is 1.72. The molecule has 1 amide bonds. The average Bonchev–Trinajstić information content (AvgIpc) is 3.44. The van der Waals surface area contributed by atoms with Crippen molar-refractivity contribution in [1.29, 1.82) is 0 Å². The molecule has 0 spiro atoms. The van der Waals surface area contributed by atoms with E-state index in [1.807, 2.05) is 42.4 Å². The smallest absolute Gasteiger partial charge is 0.234 e. The topological polar surface area (TPSA) is 78.8 Å². The monoisotopic (exact) mass is 402 g/mol. The van der Waals surface area contributed by atoms with Crippen LogP contribution in [-0.4, -0.2) is 50.7 Å². The number of fused-ring (bicyclic) bond motifs is 1. The number of H-pyrrole nitrogens is 1. The van der Waals surface area contributed by atoms with Gasteiger partial charge in [-0.15, -0.1) is 0 Å². The molecule has 2 aromatic heterocycles. The van der Waals surface area contributed by atoms with Gasteiger partial charge in [-0.3, -0.25) is 9.69 Å². The molecule has 0 fully saturated rings. The van der Waals surface area contributed by atoms with E-state index in [0.717, 1.165) is 23.2 Å². The van der Waals surface area contributed by atoms with Crippen LogP contribution < -0.4 is 5.32 Å². The number of aromatic nitrogens is 4. The molecule has 7 heteroatoms. The molecule has 154 valence electrons. The number of carbonyl (C=O) groups is 1. The van der Waals surface area contributed by atoms with Crippen molar-refractivity contribution >= 4 is 16.8 Å². The maximum atomic E-state index is 12.4. The van der Waals surface area contributed by atoms with E-state index in [-0.39, 0.29) is 11.9 Å². The second-order valence-corrected chi connectivity index (χ2v) is 7.48. The van der Waals surface area contributed by atoms with Gasteiger partial charge in [0.1, 0.15) is 12.7 Å². The molecule has 0 unspecified atom stereocenters. The molecule has 0 radical (unpaired) electrons. The Kier molecular flexibility index (Phi) is 5.90. The van der Waals surface area contributed by atoms with Crippen LogP contribution in [0.15, 0.2) is 67.4 Å². The fourth-order valence-corrected chi connectivity index (χ4v) is 3.60. The minimum Gasteiger partial charge on any atom is -0.361 e. The maximum Gasteiger partial charge on any atom is 0.234 e. The van der Waals surface area contributed by atoms with Crippen LogP contribution in [0.5, 0.6) is 0 Å². The van der Waals surface area contributed by atoms with Gasteiger partial charge in [0.15, 0.2) is 0 Å². The van der Waals surface area contributed by atoms with E-state index in [1.165, 1.54) is 17.3 Å². The first kappa shape index (κ1) is 19.8. The lowest BCUT2D eigenvalue weighted by atomic mass is 10.1. The number of hydrogen-bond donors (Lipinski definition) is 2. The molecule has 0 bridgehead atoms. The minimum atomic E-state index is 0.0310. The molecular weight excluding hydrogens is 376 g/mol. The number of likely N-dealkylation sites (N-methyl/N-ethyl adjacent to an activating group) is 1. The largest absolute Gasteiger partial charge is 0.361 e. The third kappa shape index (κ3) is 4.41. The van der Waals surface area contributed by atoms with Crippen molar-refractivity contribution in [2.45, 2.75) is 19.4 Å². The van der Waals surface area contributed by atoms with E-state index >= 15 is 0 Å². The molecular formula is C23H26N6O. The molecule has 7 nitrogen and oxygen atoms in total. The number of nitrogens with one attached hydrogen (secondary N) is 2. The minimum absolute atomic E-state index is 0.0310. The van der Waals surface area contributed by atoms with E-state index in [9.17, 15) is 4.79 Å². The lowest BCUT2D eigenvalue weighted by molar-refractivity contribution is -0.122. The van der Waals surface area contributed by atoms with Crippen molar-refractivity contribution in [3.8, 4) is 5.69 Å². The number of aromatic amines is 1. The molecule has 4 rings (SSSR count). The highest BCUT2D eigenvalue weighted by atomic mass is 16.2. The van der Waals surface area contributed by atoms with Crippen LogP contribution in [0.1, 0.15) is 24.1 Å². The van der Waals surface area contributed by atoms with Crippen molar-refractivity contribution in [3.05, 3.63) is 78.5 Å². The number of carbonyl (C=O) groups excluding carboxylic acids is 1. The van der Waals surface area contributed by atoms with Crippen LogP contribution in [-0.2, 0) is 11.2 Å². The van der Waals surface area contributed by atoms with Crippen LogP contribution in [0.25, 0.3) is 16.6 Å². The van der Waals surface area contributed by atoms with Crippen molar-refractivity contribution in [2.75, 3.05) is 20.1 Å². The molecule has 2 heterocycles. The molecule has 2 aromatic carbocycles. The molecule has 1 atom stereocenters. The fourth-order valence-electron chi connectivity index (χ4n) is 3.60. The van der Waals surface area contributed by atoms with Gasteiger partial charge in [-0.25, -0.2) is 9.67 Å². The maximum absolute atomic E-state index is 12.4. The van der Waals surface area contributed by atoms with Crippen LogP contribution >= 0.6 is 0 Å². The van der Waals surface area contributed by atoms with Crippen molar-refractivity contribution in [2.24, 2.45) is 0 Å². The molecule has 0 saturated carbocycles. The number of amides is 1. The first-order valence-corrected chi connectivity index (χ1v) is 10.1. The highest BCUT2D eigenvalue weighted by Gasteiger charge is 2.15. The molecule has 0 aliphatic heterocycles. The predicted octanol–water partition coefficient (Wildman–Crippen LogP) is 3.10. The van der Waals surface area contributed by atoms with Crippen molar-refractivity contribution in [3.63, 3.8) is 0 Å². The van der Waals surface area contributed by atoms with Crippen molar-refractivity contribution in [1.82, 2.24) is 30.0 Å². The summed E-state index contributed by atoms with van der Waals surface area (Å²) in [7, 11) is 1.97. The van der Waals surface area contributed by atoms with Gasteiger partial charge in [-0.2, -0.15) is 5.10 Å². The van der Waals surface area contributed by atoms with Gasteiger partial charge >= 0.3 is 0 Å². The van der Waals surface area contributed by atoms with Gasteiger partial charge in [0.05, 0.1) is 12.2 Å². The summed E-state index contributed by atoms with van der Waals surface area (Å²) in [6, 6.07) is 16.5. The summed E-state index contributed by atoms with van der Waals surface area (Å²) >= 11 is 0. The summed E-state index contributed by atoms with van der Waals surface area (Å²) in [6.07, 6.45) is 6.01. The van der Waals surface area contributed by atoms with Crippen LogP contribution in [0.3, 0.4) is 0 Å². The van der Waals surface area contributed by atoms with E-state index in [1.54, 1.807) is 11.0 Å². The van der Waals surface area contributed by atoms with Crippen LogP contribution in [0.2, 0.25) is 0 Å². The molecule has 4 aromatic rings. The van der Waals surface area contributed by atoms with Gasteiger partial charge in [-0.1, -0.05) is 30.3 Å². The van der Waals surface area contributed by atoms with Gasteiger partial charge in [0, 0.05) is 29.7 Å². The third-order valence-electron chi connectivity index (χ3n) is 5.50. The fraction of sp³-hybridized carbons (Fsp3) is 0.261. The highest BCUT2D eigenvalue weighted by molar-refractivity contribution is 5.83. The Morgan fingerprint density at radius 2 is 2.00 bits per heavy atom. The van der Waals surface area contributed by atoms with Crippen LogP contribution in [0.4, 0.5) is 0 Å². The Hall–Kier alpha value is -3.45. The van der Waals surface area contributed by atoms with E-state index in [0.29, 0.717) is 13.1 Å². The summed E-state index contributed by atoms with van der Waals surface area (Å²) in [5.74, 6) is 0.0310. The first-order valence-electron chi connectivity index (χ1n) is 10.1. The van der Waals surface area contributed by atoms with Gasteiger partial charge in [0.25, 0.3) is 0 Å². The van der Waals surface area contributed by atoms with Crippen LogP contribution in [0, 0.1) is 0 Å². The zero-order chi connectivity index (χ0) is 20.9. The van der Waals surface area contributed by atoms with Gasteiger partial charge < -0.3 is 10.3 Å². The van der Waals surface area contributed by atoms with E-state index in [4.69, 9.17) is 0 Å². The predicted molar refractivity (Wildman–Crippen MR) is 117 cm³/mol.